The van der Waals surface area contributed by atoms with Crippen LogP contribution in [-0.4, -0.2) is 33.9 Å². The number of carbonyl (C=O) groups is 1. The largest absolute Gasteiger partial charge is 0.354 e. The smallest absolute Gasteiger partial charge is 0.269 e. The lowest BCUT2D eigenvalue weighted by molar-refractivity contribution is -0.384. The van der Waals surface area contributed by atoms with Crippen LogP contribution in [0.5, 0.6) is 0 Å². The van der Waals surface area contributed by atoms with Gasteiger partial charge in [0.1, 0.15) is 6.10 Å². The highest BCUT2D eigenvalue weighted by Gasteiger charge is 2.48. The lowest BCUT2D eigenvalue weighted by atomic mass is 10.1. The van der Waals surface area contributed by atoms with Crippen LogP contribution in [0.25, 0.3) is 0 Å². The Morgan fingerprint density at radius 1 is 1.19 bits per heavy atom. The first kappa shape index (κ1) is 15.4. The second kappa shape index (κ2) is 5.81. The number of ether oxygens (including phenoxy) is 1. The van der Waals surface area contributed by atoms with Gasteiger partial charge in [0, 0.05) is 24.2 Å². The summed E-state index contributed by atoms with van der Waals surface area (Å²) in [5, 5.41) is 10.6. The number of non-ortho nitro benzene ring substituents is 1. The second-order valence-electron chi connectivity index (χ2n) is 5.76. The molecular weight excluding hydrogens is 272 g/mol. The zero-order valence-electron chi connectivity index (χ0n) is 12.6. The zero-order chi connectivity index (χ0) is 15.7. The maximum Gasteiger partial charge on any atom is 0.269 e. The van der Waals surface area contributed by atoms with E-state index >= 15 is 0 Å². The summed E-state index contributed by atoms with van der Waals surface area (Å²) >= 11 is 0. The highest BCUT2D eigenvalue weighted by Crippen LogP contribution is 2.40. The van der Waals surface area contributed by atoms with Gasteiger partial charge in [-0.15, -0.1) is 0 Å². The molecule has 0 radical (unpaired) electrons. The Hall–Kier alpha value is -1.95. The van der Waals surface area contributed by atoms with E-state index in [1.807, 2.05) is 27.7 Å². The number of carbonyl (C=O) groups excluding carboxylic acids is 1. The SMILES string of the molecule is CC(C)N(C(=O)[C@@H]1O[C@H]1c1ccc([N+](=O)[O-])cc1)C(C)C. The maximum absolute atomic E-state index is 12.4. The number of amides is 1. The Labute approximate surface area is 123 Å². The molecule has 2 atom stereocenters. The summed E-state index contributed by atoms with van der Waals surface area (Å²) in [5.74, 6) is -0.0247. The Kier molecular flexibility index (Phi) is 4.27. The molecule has 2 rings (SSSR count). The van der Waals surface area contributed by atoms with E-state index in [2.05, 4.69) is 0 Å². The van der Waals surface area contributed by atoms with Crippen LogP contribution in [0.2, 0.25) is 0 Å². The third-order valence-electron chi connectivity index (χ3n) is 3.53. The molecule has 6 heteroatoms. The minimum Gasteiger partial charge on any atom is -0.354 e. The Morgan fingerprint density at radius 3 is 2.14 bits per heavy atom. The van der Waals surface area contributed by atoms with E-state index in [0.29, 0.717) is 0 Å². The molecule has 0 saturated carbocycles. The molecule has 6 nitrogen and oxygen atoms in total. The molecule has 1 saturated heterocycles. The molecule has 1 heterocycles. The molecule has 0 unspecified atom stereocenters. The quantitative estimate of drug-likeness (QED) is 0.475. The molecule has 0 N–H and O–H groups in total. The predicted octanol–water partition coefficient (Wildman–Crippen LogP) is 2.68. The molecule has 1 amide bonds. The van der Waals surface area contributed by atoms with Crippen LogP contribution in [0.4, 0.5) is 5.69 Å². The van der Waals surface area contributed by atoms with Crippen LogP contribution in [0.15, 0.2) is 24.3 Å². The van der Waals surface area contributed by atoms with Gasteiger partial charge in [-0.1, -0.05) is 0 Å². The van der Waals surface area contributed by atoms with Gasteiger partial charge in [0.2, 0.25) is 0 Å². The number of hydrogen-bond donors (Lipinski definition) is 0. The Balaban J connectivity index is 2.07. The summed E-state index contributed by atoms with van der Waals surface area (Å²) in [7, 11) is 0. The minimum absolute atomic E-state index is 0.0247. The van der Waals surface area contributed by atoms with Crippen molar-refractivity contribution in [3.8, 4) is 0 Å². The van der Waals surface area contributed by atoms with Gasteiger partial charge in [-0.25, -0.2) is 0 Å². The monoisotopic (exact) mass is 292 g/mol. The summed E-state index contributed by atoms with van der Waals surface area (Å²) < 4.78 is 5.49. The van der Waals surface area contributed by atoms with E-state index in [9.17, 15) is 14.9 Å². The molecule has 0 spiro atoms. The van der Waals surface area contributed by atoms with Crippen molar-refractivity contribution < 1.29 is 14.5 Å². The van der Waals surface area contributed by atoms with E-state index in [-0.39, 0.29) is 29.8 Å². The van der Waals surface area contributed by atoms with E-state index in [0.717, 1.165) is 5.56 Å². The van der Waals surface area contributed by atoms with E-state index in [1.54, 1.807) is 17.0 Å². The summed E-state index contributed by atoms with van der Waals surface area (Å²) in [6.07, 6.45) is -0.769. The van der Waals surface area contributed by atoms with Gasteiger partial charge in [0.15, 0.2) is 6.10 Å². The van der Waals surface area contributed by atoms with Gasteiger partial charge in [0.05, 0.1) is 4.92 Å². The normalized spacial score (nSPS) is 20.7. The number of nitrogens with zero attached hydrogens (tertiary/aromatic N) is 2. The van der Waals surface area contributed by atoms with Crippen molar-refractivity contribution in [2.24, 2.45) is 0 Å². The van der Waals surface area contributed by atoms with Crippen molar-refractivity contribution in [1.82, 2.24) is 4.90 Å². The molecule has 1 aliphatic rings. The zero-order valence-corrected chi connectivity index (χ0v) is 12.6. The molecule has 21 heavy (non-hydrogen) atoms. The fraction of sp³-hybridized carbons (Fsp3) is 0.533. The average Bonchev–Trinajstić information content (AvgIpc) is 3.18. The number of nitro benzene ring substituents is 1. The minimum atomic E-state index is -0.476. The van der Waals surface area contributed by atoms with Gasteiger partial charge in [-0.05, 0) is 45.4 Å². The van der Waals surface area contributed by atoms with Gasteiger partial charge >= 0.3 is 0 Å². The van der Waals surface area contributed by atoms with Crippen molar-refractivity contribution in [2.45, 2.75) is 52.0 Å². The molecule has 0 aliphatic carbocycles. The topological polar surface area (TPSA) is 76.0 Å². The van der Waals surface area contributed by atoms with Crippen molar-refractivity contribution in [3.05, 3.63) is 39.9 Å². The van der Waals surface area contributed by atoms with Crippen LogP contribution in [0, 0.1) is 10.1 Å². The predicted molar refractivity (Wildman–Crippen MR) is 77.8 cm³/mol. The fourth-order valence-corrected chi connectivity index (χ4v) is 2.59. The number of benzene rings is 1. The molecule has 114 valence electrons. The lowest BCUT2D eigenvalue weighted by Gasteiger charge is -2.30. The number of epoxide rings is 1. The molecule has 1 fully saturated rings. The van der Waals surface area contributed by atoms with Crippen LogP contribution >= 0.6 is 0 Å². The van der Waals surface area contributed by atoms with Crippen LogP contribution in [-0.2, 0) is 9.53 Å². The first-order valence-corrected chi connectivity index (χ1v) is 7.05. The van der Waals surface area contributed by atoms with Gasteiger partial charge < -0.3 is 9.64 Å². The van der Waals surface area contributed by atoms with E-state index in [1.165, 1.54) is 12.1 Å². The third-order valence-corrected chi connectivity index (χ3v) is 3.53. The van der Waals surface area contributed by atoms with Crippen molar-refractivity contribution in [1.29, 1.82) is 0 Å². The highest BCUT2D eigenvalue weighted by molar-refractivity contribution is 5.84. The van der Waals surface area contributed by atoms with Crippen LogP contribution < -0.4 is 0 Å². The maximum atomic E-state index is 12.4. The second-order valence-corrected chi connectivity index (χ2v) is 5.76. The molecular formula is C15H20N2O4. The molecule has 0 aromatic heterocycles. The standard InChI is InChI=1S/C15H20N2O4/c1-9(2)16(10(3)4)15(18)14-13(21-14)11-5-7-12(8-6-11)17(19)20/h5-10,13-14H,1-4H3/t13-,14+/m0/s1. The number of rotatable bonds is 5. The van der Waals surface area contributed by atoms with Gasteiger partial charge in [-0.2, -0.15) is 0 Å². The summed E-state index contributed by atoms with van der Waals surface area (Å²) in [6, 6.07) is 6.37. The lowest BCUT2D eigenvalue weighted by Crippen LogP contribution is -2.44. The first-order valence-electron chi connectivity index (χ1n) is 7.05. The van der Waals surface area contributed by atoms with Crippen molar-refractivity contribution in [3.63, 3.8) is 0 Å². The number of hydrogen-bond acceptors (Lipinski definition) is 4. The first-order chi connectivity index (χ1) is 9.82. The molecule has 1 aliphatic heterocycles. The average molecular weight is 292 g/mol. The highest BCUT2D eigenvalue weighted by atomic mass is 16.6. The molecule has 1 aromatic carbocycles. The van der Waals surface area contributed by atoms with Crippen molar-refractivity contribution in [2.75, 3.05) is 0 Å². The Morgan fingerprint density at radius 2 is 1.71 bits per heavy atom. The van der Waals surface area contributed by atoms with Gasteiger partial charge in [0.25, 0.3) is 11.6 Å². The summed E-state index contributed by atoms with van der Waals surface area (Å²) in [5.41, 5.74) is 0.833. The van der Waals surface area contributed by atoms with Crippen LogP contribution in [0.1, 0.15) is 39.4 Å². The molecule has 1 aromatic rings. The third kappa shape index (κ3) is 3.21. The number of nitro groups is 1. The summed E-state index contributed by atoms with van der Waals surface area (Å²) in [4.78, 5) is 24.4. The van der Waals surface area contributed by atoms with Gasteiger partial charge in [-0.3, -0.25) is 14.9 Å². The van der Waals surface area contributed by atoms with E-state index in [4.69, 9.17) is 4.74 Å². The van der Waals surface area contributed by atoms with E-state index < -0.39 is 11.0 Å². The fourth-order valence-electron chi connectivity index (χ4n) is 2.59. The Bertz CT molecular complexity index is 531. The summed E-state index contributed by atoms with van der Waals surface area (Å²) in [6.45, 7) is 7.89. The van der Waals surface area contributed by atoms with Crippen LogP contribution in [0.3, 0.4) is 0 Å². The molecule has 0 bridgehead atoms. The van der Waals surface area contributed by atoms with Crippen molar-refractivity contribution >= 4 is 11.6 Å².